The van der Waals surface area contributed by atoms with Crippen molar-refractivity contribution >= 4 is 39.1 Å². The van der Waals surface area contributed by atoms with Crippen LogP contribution in [0.3, 0.4) is 0 Å². The fraction of sp³-hybridized carbons (Fsp3) is 0.150. The summed E-state index contributed by atoms with van der Waals surface area (Å²) in [5.74, 6) is 0.0716. The van der Waals surface area contributed by atoms with E-state index in [0.29, 0.717) is 10.7 Å². The van der Waals surface area contributed by atoms with Crippen LogP contribution in [-0.2, 0) is 6.42 Å². The van der Waals surface area contributed by atoms with E-state index in [1.807, 2.05) is 36.4 Å². The summed E-state index contributed by atoms with van der Waals surface area (Å²) in [7, 11) is 0. The number of rotatable bonds is 5. The van der Waals surface area contributed by atoms with Crippen molar-refractivity contribution < 1.29 is 4.79 Å². The van der Waals surface area contributed by atoms with Gasteiger partial charge in [0.15, 0.2) is 0 Å². The molecule has 1 aromatic heterocycles. The third-order valence-electron chi connectivity index (χ3n) is 3.97. The van der Waals surface area contributed by atoms with Gasteiger partial charge >= 0.3 is 0 Å². The minimum atomic E-state index is -0.142. The van der Waals surface area contributed by atoms with E-state index >= 15 is 0 Å². The first-order valence-electron chi connectivity index (χ1n) is 8.14. The molecule has 1 atom stereocenters. The van der Waals surface area contributed by atoms with Gasteiger partial charge in [0.05, 0.1) is 11.9 Å². The third kappa shape index (κ3) is 4.90. The Balaban J connectivity index is 1.72. The summed E-state index contributed by atoms with van der Waals surface area (Å²) < 4.78 is 0.871. The highest BCUT2D eigenvalue weighted by Crippen LogP contribution is 2.23. The molecular formula is C20H17BrClN3O. The Morgan fingerprint density at radius 2 is 2.00 bits per heavy atom. The molecule has 2 aromatic carbocycles. The Morgan fingerprint density at radius 3 is 2.77 bits per heavy atom. The minimum Gasteiger partial charge on any atom is -0.322 e. The predicted octanol–water partition coefficient (Wildman–Crippen LogP) is 5.49. The summed E-state index contributed by atoms with van der Waals surface area (Å²) in [6, 6.07) is 15.1. The normalized spacial score (nSPS) is 11.8. The van der Waals surface area contributed by atoms with Gasteiger partial charge in [0, 0.05) is 21.9 Å². The number of hydrogen-bond acceptors (Lipinski definition) is 3. The van der Waals surface area contributed by atoms with Crippen molar-refractivity contribution in [2.24, 2.45) is 0 Å². The molecule has 0 spiro atoms. The molecule has 0 fully saturated rings. The lowest BCUT2D eigenvalue weighted by Gasteiger charge is -2.13. The number of anilines is 1. The van der Waals surface area contributed by atoms with Gasteiger partial charge in [0.2, 0.25) is 0 Å². The van der Waals surface area contributed by atoms with Crippen LogP contribution in [0.4, 0.5) is 5.69 Å². The Kier molecular flexibility index (Phi) is 6.01. The van der Waals surface area contributed by atoms with Gasteiger partial charge in [-0.15, -0.1) is 0 Å². The molecule has 6 heteroatoms. The van der Waals surface area contributed by atoms with Crippen LogP contribution in [0.1, 0.15) is 34.5 Å². The van der Waals surface area contributed by atoms with Crippen molar-refractivity contribution in [3.63, 3.8) is 0 Å². The summed E-state index contributed by atoms with van der Waals surface area (Å²) in [4.78, 5) is 20.8. The van der Waals surface area contributed by atoms with Gasteiger partial charge < -0.3 is 5.32 Å². The zero-order valence-electron chi connectivity index (χ0n) is 14.1. The van der Waals surface area contributed by atoms with Gasteiger partial charge in [-0.25, -0.2) is 4.98 Å². The second-order valence-electron chi connectivity index (χ2n) is 6.03. The van der Waals surface area contributed by atoms with Gasteiger partial charge in [-0.05, 0) is 48.2 Å². The number of hydrogen-bond donors (Lipinski definition) is 1. The molecule has 3 rings (SSSR count). The van der Waals surface area contributed by atoms with Crippen LogP contribution in [0.15, 0.2) is 65.4 Å². The number of nitrogens with zero attached hydrogens (tertiary/aromatic N) is 2. The van der Waals surface area contributed by atoms with E-state index in [4.69, 9.17) is 11.6 Å². The zero-order chi connectivity index (χ0) is 18.5. The lowest BCUT2D eigenvalue weighted by molar-refractivity contribution is 0.102. The molecular weight excluding hydrogens is 414 g/mol. The van der Waals surface area contributed by atoms with Crippen molar-refractivity contribution in [1.29, 1.82) is 0 Å². The minimum absolute atomic E-state index is 0.142. The van der Waals surface area contributed by atoms with Crippen LogP contribution in [0.5, 0.6) is 0 Å². The monoisotopic (exact) mass is 429 g/mol. The first-order chi connectivity index (χ1) is 12.5. The number of nitrogens with one attached hydrogen (secondary N) is 1. The van der Waals surface area contributed by atoms with E-state index in [0.717, 1.165) is 27.8 Å². The van der Waals surface area contributed by atoms with Crippen LogP contribution >= 0.6 is 27.5 Å². The Bertz CT molecular complexity index is 932. The van der Waals surface area contributed by atoms with E-state index in [9.17, 15) is 4.79 Å². The lowest BCUT2D eigenvalue weighted by Crippen LogP contribution is -2.12. The van der Waals surface area contributed by atoms with Crippen molar-refractivity contribution in [3.05, 3.63) is 87.4 Å². The van der Waals surface area contributed by atoms with Crippen LogP contribution in [0.2, 0.25) is 5.15 Å². The number of amides is 1. The summed E-state index contributed by atoms with van der Waals surface area (Å²) in [5, 5.41) is 3.34. The molecule has 0 unspecified atom stereocenters. The molecule has 3 aromatic rings. The molecule has 4 nitrogen and oxygen atoms in total. The molecule has 132 valence electrons. The van der Waals surface area contributed by atoms with E-state index < -0.39 is 0 Å². The highest BCUT2D eigenvalue weighted by atomic mass is 79.9. The Labute approximate surface area is 165 Å². The first kappa shape index (κ1) is 18.5. The van der Waals surface area contributed by atoms with E-state index in [1.165, 1.54) is 6.20 Å². The predicted molar refractivity (Wildman–Crippen MR) is 108 cm³/mol. The summed E-state index contributed by atoms with van der Waals surface area (Å²) in [6.45, 7) is 2.11. The topological polar surface area (TPSA) is 54.9 Å². The molecule has 0 saturated heterocycles. The quantitative estimate of drug-likeness (QED) is 0.582. The molecule has 0 radical (unpaired) electrons. The molecule has 26 heavy (non-hydrogen) atoms. The molecule has 1 heterocycles. The fourth-order valence-corrected chi connectivity index (χ4v) is 3.23. The largest absolute Gasteiger partial charge is 0.322 e. The van der Waals surface area contributed by atoms with Crippen LogP contribution in [-0.4, -0.2) is 15.9 Å². The summed E-state index contributed by atoms with van der Waals surface area (Å²) in [6.07, 6.45) is 3.96. The van der Waals surface area contributed by atoms with E-state index in [1.54, 1.807) is 18.3 Å². The fourth-order valence-electron chi connectivity index (χ4n) is 2.67. The number of carbonyl (C=O) groups is 1. The number of halogens is 2. The van der Waals surface area contributed by atoms with Crippen LogP contribution in [0, 0.1) is 0 Å². The highest BCUT2D eigenvalue weighted by Gasteiger charge is 2.11. The molecule has 0 aliphatic rings. The van der Waals surface area contributed by atoms with Gasteiger partial charge in [0.25, 0.3) is 5.91 Å². The standard InChI is InChI=1S/C20H17BrClN3O/c1-13(8-18-11-23-12-19(22)24-18)14-4-3-7-17(10-14)25-20(26)15-5-2-6-16(21)9-15/h2-7,9-13H,8H2,1H3,(H,25,26)/t13-/m1/s1. The van der Waals surface area contributed by atoms with Gasteiger partial charge in [0.1, 0.15) is 5.15 Å². The molecule has 0 saturated carbocycles. The maximum Gasteiger partial charge on any atom is 0.255 e. The summed E-state index contributed by atoms with van der Waals surface area (Å²) in [5.41, 5.74) is 3.32. The average molecular weight is 431 g/mol. The SMILES string of the molecule is C[C@H](Cc1cncc(Cl)n1)c1cccc(NC(=O)c2cccc(Br)c2)c1. The number of benzene rings is 2. The number of carbonyl (C=O) groups excluding carboxylic acids is 1. The van der Waals surface area contributed by atoms with Crippen molar-refractivity contribution in [2.75, 3.05) is 5.32 Å². The summed E-state index contributed by atoms with van der Waals surface area (Å²) >= 11 is 9.28. The van der Waals surface area contributed by atoms with Gasteiger partial charge in [-0.3, -0.25) is 9.78 Å². The van der Waals surface area contributed by atoms with Crippen molar-refractivity contribution in [3.8, 4) is 0 Å². The van der Waals surface area contributed by atoms with E-state index in [-0.39, 0.29) is 11.8 Å². The molecule has 0 aliphatic heterocycles. The maximum atomic E-state index is 12.4. The van der Waals surface area contributed by atoms with Gasteiger partial charge in [-0.1, -0.05) is 52.7 Å². The van der Waals surface area contributed by atoms with Gasteiger partial charge in [-0.2, -0.15) is 0 Å². The van der Waals surface area contributed by atoms with Crippen molar-refractivity contribution in [2.45, 2.75) is 19.3 Å². The van der Waals surface area contributed by atoms with Crippen molar-refractivity contribution in [1.82, 2.24) is 9.97 Å². The molecule has 0 bridgehead atoms. The Morgan fingerprint density at radius 1 is 1.19 bits per heavy atom. The molecule has 0 aliphatic carbocycles. The third-order valence-corrected chi connectivity index (χ3v) is 4.65. The zero-order valence-corrected chi connectivity index (χ0v) is 16.5. The highest BCUT2D eigenvalue weighted by molar-refractivity contribution is 9.10. The van der Waals surface area contributed by atoms with E-state index in [2.05, 4.69) is 38.1 Å². The van der Waals surface area contributed by atoms with Crippen LogP contribution < -0.4 is 5.32 Å². The average Bonchev–Trinajstić information content (AvgIpc) is 2.62. The lowest BCUT2D eigenvalue weighted by atomic mass is 9.96. The van der Waals surface area contributed by atoms with Crippen LogP contribution in [0.25, 0.3) is 0 Å². The first-order valence-corrected chi connectivity index (χ1v) is 9.31. The molecule has 1 N–H and O–H groups in total. The second kappa shape index (κ2) is 8.43. The Hall–Kier alpha value is -2.24. The smallest absolute Gasteiger partial charge is 0.255 e. The molecule has 1 amide bonds. The second-order valence-corrected chi connectivity index (χ2v) is 7.33. The number of aromatic nitrogens is 2. The maximum absolute atomic E-state index is 12.4.